The minimum Gasteiger partial charge on any atom is -0.286 e. The van der Waals surface area contributed by atoms with E-state index in [4.69, 9.17) is 0 Å². The average Bonchev–Trinajstić information content (AvgIpc) is 2.39. The van der Waals surface area contributed by atoms with Crippen LogP contribution in [0.4, 0.5) is 13.2 Å². The van der Waals surface area contributed by atoms with Crippen LogP contribution in [0.5, 0.6) is 0 Å². The van der Waals surface area contributed by atoms with Gasteiger partial charge in [-0.1, -0.05) is 36.4 Å². The van der Waals surface area contributed by atoms with Gasteiger partial charge in [-0.25, -0.2) is 4.98 Å². The normalized spacial score (nSPS) is 11.9. The highest BCUT2D eigenvalue weighted by Crippen LogP contribution is 2.27. The minimum absolute atomic E-state index is 0.124. The highest BCUT2D eigenvalue weighted by atomic mass is 19.4. The SMILES string of the molecule is FC(F)(F)c1cccc(CN=Cc2ccccc2)n1. The van der Waals surface area contributed by atoms with Gasteiger partial charge >= 0.3 is 6.18 Å². The largest absolute Gasteiger partial charge is 0.433 e. The molecule has 0 N–H and O–H groups in total. The van der Waals surface area contributed by atoms with E-state index in [1.165, 1.54) is 12.1 Å². The maximum atomic E-state index is 12.5. The van der Waals surface area contributed by atoms with Crippen molar-refractivity contribution in [3.8, 4) is 0 Å². The second kappa shape index (κ2) is 5.65. The van der Waals surface area contributed by atoms with Crippen molar-refractivity contribution in [1.82, 2.24) is 4.98 Å². The number of aliphatic imine (C=N–C) groups is 1. The molecule has 0 spiro atoms. The average molecular weight is 264 g/mol. The number of pyridine rings is 1. The van der Waals surface area contributed by atoms with Crippen LogP contribution in [0.15, 0.2) is 53.5 Å². The summed E-state index contributed by atoms with van der Waals surface area (Å²) in [5.41, 5.74) is 0.302. The van der Waals surface area contributed by atoms with Crippen molar-refractivity contribution in [2.45, 2.75) is 12.7 Å². The molecule has 0 aliphatic rings. The van der Waals surface area contributed by atoms with E-state index >= 15 is 0 Å². The molecule has 1 heterocycles. The third-order valence-electron chi connectivity index (χ3n) is 2.39. The summed E-state index contributed by atoms with van der Waals surface area (Å²) in [6.45, 7) is 0.124. The first-order chi connectivity index (χ1) is 9.05. The lowest BCUT2D eigenvalue weighted by atomic mass is 10.2. The molecule has 0 unspecified atom stereocenters. The first kappa shape index (κ1) is 13.3. The summed E-state index contributed by atoms with van der Waals surface area (Å²) in [7, 11) is 0. The van der Waals surface area contributed by atoms with E-state index in [0.717, 1.165) is 11.6 Å². The maximum Gasteiger partial charge on any atom is 0.433 e. The van der Waals surface area contributed by atoms with Crippen molar-refractivity contribution in [2.75, 3.05) is 0 Å². The Balaban J connectivity index is 2.06. The standard InChI is InChI=1S/C14H11F3N2/c15-14(16,17)13-8-4-7-12(19-13)10-18-9-11-5-2-1-3-6-11/h1-9H,10H2. The summed E-state index contributed by atoms with van der Waals surface area (Å²) < 4.78 is 37.4. The fourth-order valence-corrected chi connectivity index (χ4v) is 1.51. The molecule has 0 aliphatic carbocycles. The van der Waals surface area contributed by atoms with Gasteiger partial charge in [-0.05, 0) is 17.7 Å². The Morgan fingerprint density at radius 1 is 1.00 bits per heavy atom. The smallest absolute Gasteiger partial charge is 0.286 e. The van der Waals surface area contributed by atoms with Crippen LogP contribution in [0.1, 0.15) is 17.0 Å². The predicted octanol–water partition coefficient (Wildman–Crippen LogP) is 3.72. The molecule has 0 fully saturated rings. The zero-order valence-electron chi connectivity index (χ0n) is 9.93. The molecule has 0 saturated carbocycles. The van der Waals surface area contributed by atoms with Gasteiger partial charge in [-0.15, -0.1) is 0 Å². The van der Waals surface area contributed by atoms with Crippen LogP contribution in [-0.2, 0) is 12.7 Å². The molecule has 0 aliphatic heterocycles. The number of alkyl halides is 3. The van der Waals surface area contributed by atoms with Crippen molar-refractivity contribution in [3.05, 3.63) is 65.5 Å². The van der Waals surface area contributed by atoms with Crippen LogP contribution >= 0.6 is 0 Å². The fourth-order valence-electron chi connectivity index (χ4n) is 1.51. The molecule has 0 saturated heterocycles. The van der Waals surface area contributed by atoms with Crippen molar-refractivity contribution >= 4 is 6.21 Å². The monoisotopic (exact) mass is 264 g/mol. The summed E-state index contributed by atoms with van der Waals surface area (Å²) in [6.07, 6.45) is -2.80. The number of halogens is 3. The number of nitrogens with zero attached hydrogens (tertiary/aromatic N) is 2. The van der Waals surface area contributed by atoms with Gasteiger partial charge in [0.15, 0.2) is 0 Å². The van der Waals surface area contributed by atoms with Gasteiger partial charge in [0.05, 0.1) is 12.2 Å². The third kappa shape index (κ3) is 3.91. The number of hydrogen-bond acceptors (Lipinski definition) is 2. The lowest BCUT2D eigenvalue weighted by Crippen LogP contribution is -2.08. The quantitative estimate of drug-likeness (QED) is 0.775. The zero-order valence-corrected chi connectivity index (χ0v) is 9.93. The van der Waals surface area contributed by atoms with Crippen LogP contribution in [0.2, 0.25) is 0 Å². The van der Waals surface area contributed by atoms with E-state index in [-0.39, 0.29) is 6.54 Å². The molecule has 0 amide bonds. The van der Waals surface area contributed by atoms with Gasteiger partial charge in [-0.3, -0.25) is 4.99 Å². The molecule has 0 atom stereocenters. The summed E-state index contributed by atoms with van der Waals surface area (Å²) in [5, 5.41) is 0. The summed E-state index contributed by atoms with van der Waals surface area (Å²) in [5.74, 6) is 0. The Kier molecular flexibility index (Phi) is 3.94. The Morgan fingerprint density at radius 2 is 1.74 bits per heavy atom. The molecule has 5 heteroatoms. The van der Waals surface area contributed by atoms with E-state index in [2.05, 4.69) is 9.98 Å². The molecular weight excluding hydrogens is 253 g/mol. The second-order valence-corrected chi connectivity index (χ2v) is 3.89. The topological polar surface area (TPSA) is 25.2 Å². The van der Waals surface area contributed by atoms with Crippen LogP contribution < -0.4 is 0 Å². The molecule has 0 bridgehead atoms. The van der Waals surface area contributed by atoms with Crippen molar-refractivity contribution < 1.29 is 13.2 Å². The third-order valence-corrected chi connectivity index (χ3v) is 2.39. The Hall–Kier alpha value is -2.17. The Morgan fingerprint density at radius 3 is 2.42 bits per heavy atom. The number of benzene rings is 1. The van der Waals surface area contributed by atoms with Crippen molar-refractivity contribution in [3.63, 3.8) is 0 Å². The summed E-state index contributed by atoms with van der Waals surface area (Å²) >= 11 is 0. The molecule has 0 radical (unpaired) electrons. The van der Waals surface area contributed by atoms with Gasteiger partial charge in [0.2, 0.25) is 0 Å². The highest BCUT2D eigenvalue weighted by molar-refractivity contribution is 5.79. The van der Waals surface area contributed by atoms with Gasteiger partial charge in [0, 0.05) is 6.21 Å². The first-order valence-electron chi connectivity index (χ1n) is 5.64. The van der Waals surface area contributed by atoms with Crippen LogP contribution in [0.3, 0.4) is 0 Å². The summed E-state index contributed by atoms with van der Waals surface area (Å²) in [4.78, 5) is 7.62. The molecule has 1 aromatic carbocycles. The second-order valence-electron chi connectivity index (χ2n) is 3.89. The van der Waals surface area contributed by atoms with Gasteiger partial charge < -0.3 is 0 Å². The van der Waals surface area contributed by atoms with Crippen LogP contribution in [0, 0.1) is 0 Å². The Bertz CT molecular complexity index is 562. The predicted molar refractivity (Wildman–Crippen MR) is 67.0 cm³/mol. The molecular formula is C14H11F3N2. The fraction of sp³-hybridized carbons (Fsp3) is 0.143. The zero-order chi connectivity index (χ0) is 13.7. The van der Waals surface area contributed by atoms with Gasteiger partial charge in [-0.2, -0.15) is 13.2 Å². The Labute approximate surface area is 108 Å². The molecule has 98 valence electrons. The molecule has 1 aromatic heterocycles. The lowest BCUT2D eigenvalue weighted by molar-refractivity contribution is -0.141. The number of rotatable bonds is 3. The van der Waals surface area contributed by atoms with E-state index in [1.54, 1.807) is 6.21 Å². The molecule has 2 nitrogen and oxygen atoms in total. The van der Waals surface area contributed by atoms with Crippen molar-refractivity contribution in [1.29, 1.82) is 0 Å². The number of aromatic nitrogens is 1. The summed E-state index contributed by atoms with van der Waals surface area (Å²) in [6, 6.07) is 13.1. The van der Waals surface area contributed by atoms with E-state index in [0.29, 0.717) is 5.69 Å². The maximum absolute atomic E-state index is 12.5. The molecule has 2 aromatic rings. The van der Waals surface area contributed by atoms with E-state index < -0.39 is 11.9 Å². The van der Waals surface area contributed by atoms with Crippen LogP contribution in [0.25, 0.3) is 0 Å². The minimum atomic E-state index is -4.42. The molecule has 2 rings (SSSR count). The van der Waals surface area contributed by atoms with Crippen LogP contribution in [-0.4, -0.2) is 11.2 Å². The van der Waals surface area contributed by atoms with Crippen molar-refractivity contribution in [2.24, 2.45) is 4.99 Å². The lowest BCUT2D eigenvalue weighted by Gasteiger charge is -2.06. The van der Waals surface area contributed by atoms with Gasteiger partial charge in [0.1, 0.15) is 5.69 Å². The van der Waals surface area contributed by atoms with E-state index in [9.17, 15) is 13.2 Å². The van der Waals surface area contributed by atoms with Gasteiger partial charge in [0.25, 0.3) is 0 Å². The number of hydrogen-bond donors (Lipinski definition) is 0. The molecule has 19 heavy (non-hydrogen) atoms. The van der Waals surface area contributed by atoms with E-state index in [1.807, 2.05) is 30.3 Å². The first-order valence-corrected chi connectivity index (χ1v) is 5.64. The highest BCUT2D eigenvalue weighted by Gasteiger charge is 2.32.